The average molecular weight is 380 g/mol. The number of ether oxygens (including phenoxy) is 1. The molecular formula is C22H41N3O2. The Morgan fingerprint density at radius 3 is 2.07 bits per heavy atom. The molecule has 0 saturated carbocycles. The summed E-state index contributed by atoms with van der Waals surface area (Å²) in [5.74, 6) is -0.129. The van der Waals surface area contributed by atoms with Gasteiger partial charge in [-0.1, -0.05) is 84.0 Å². The maximum atomic E-state index is 11.8. The van der Waals surface area contributed by atoms with Gasteiger partial charge >= 0.3 is 5.97 Å². The van der Waals surface area contributed by atoms with Gasteiger partial charge in [-0.25, -0.2) is 4.98 Å². The van der Waals surface area contributed by atoms with Crippen molar-refractivity contribution < 1.29 is 9.53 Å². The van der Waals surface area contributed by atoms with E-state index >= 15 is 0 Å². The Bertz CT molecular complexity index is 448. The molecule has 156 valence electrons. The molecule has 1 heterocycles. The van der Waals surface area contributed by atoms with Gasteiger partial charge in [-0.15, -0.1) is 0 Å². The number of carbonyl (C=O) groups excluding carboxylic acids is 1. The van der Waals surface area contributed by atoms with Crippen LogP contribution < -0.4 is 5.73 Å². The molecule has 0 aliphatic carbocycles. The molecule has 0 aliphatic rings. The van der Waals surface area contributed by atoms with Crippen molar-refractivity contribution in [1.82, 2.24) is 9.97 Å². The molecule has 3 N–H and O–H groups in total. The van der Waals surface area contributed by atoms with Crippen LogP contribution in [0.1, 0.15) is 103 Å². The number of imidazole rings is 1. The van der Waals surface area contributed by atoms with E-state index in [1.807, 2.05) is 6.20 Å². The number of rotatable bonds is 18. The van der Waals surface area contributed by atoms with E-state index in [1.54, 1.807) is 6.33 Å². The molecule has 0 unspecified atom stereocenters. The van der Waals surface area contributed by atoms with E-state index in [4.69, 9.17) is 10.5 Å². The molecule has 1 aromatic rings. The van der Waals surface area contributed by atoms with Gasteiger partial charge in [-0.3, -0.25) is 4.79 Å². The van der Waals surface area contributed by atoms with Gasteiger partial charge in [-0.05, 0) is 6.42 Å². The Balaban J connectivity index is 1.81. The van der Waals surface area contributed by atoms with Crippen LogP contribution in [-0.2, 0) is 16.0 Å². The van der Waals surface area contributed by atoms with Crippen molar-refractivity contribution in [3.63, 3.8) is 0 Å². The number of unbranched alkanes of at least 4 members (excludes halogenated alkanes) is 12. The summed E-state index contributed by atoms with van der Waals surface area (Å²) in [6, 6.07) is -0.191. The zero-order valence-corrected chi connectivity index (χ0v) is 17.4. The van der Waals surface area contributed by atoms with Crippen LogP contribution in [0.2, 0.25) is 0 Å². The van der Waals surface area contributed by atoms with E-state index in [-0.39, 0.29) is 18.6 Å². The topological polar surface area (TPSA) is 81.0 Å². The van der Waals surface area contributed by atoms with Crippen LogP contribution in [0.25, 0.3) is 0 Å². The van der Waals surface area contributed by atoms with Crippen LogP contribution in [0.3, 0.4) is 0 Å². The minimum absolute atomic E-state index is 0.129. The van der Waals surface area contributed by atoms with Crippen molar-refractivity contribution in [1.29, 1.82) is 0 Å². The number of aromatic amines is 1. The van der Waals surface area contributed by atoms with Crippen molar-refractivity contribution in [2.45, 2.75) is 109 Å². The lowest BCUT2D eigenvalue weighted by molar-refractivity contribution is -0.144. The van der Waals surface area contributed by atoms with Gasteiger partial charge in [0.15, 0.2) is 0 Å². The lowest BCUT2D eigenvalue weighted by Gasteiger charge is -2.11. The van der Waals surface area contributed by atoms with Crippen molar-refractivity contribution in [3.8, 4) is 0 Å². The second kappa shape index (κ2) is 16.8. The van der Waals surface area contributed by atoms with Gasteiger partial charge in [0.25, 0.3) is 0 Å². The largest absolute Gasteiger partial charge is 0.464 e. The highest BCUT2D eigenvalue weighted by atomic mass is 16.5. The zero-order chi connectivity index (χ0) is 19.6. The van der Waals surface area contributed by atoms with Crippen LogP contribution >= 0.6 is 0 Å². The molecule has 0 fully saturated rings. The van der Waals surface area contributed by atoms with Crippen LogP contribution in [0.15, 0.2) is 12.5 Å². The summed E-state index contributed by atoms with van der Waals surface area (Å²) in [7, 11) is 0. The second-order valence-electron chi connectivity index (χ2n) is 7.70. The number of nitrogens with zero attached hydrogens (tertiary/aromatic N) is 1. The average Bonchev–Trinajstić information content (AvgIpc) is 3.16. The van der Waals surface area contributed by atoms with E-state index in [9.17, 15) is 4.79 Å². The lowest BCUT2D eigenvalue weighted by atomic mass is 10.0. The lowest BCUT2D eigenvalue weighted by Crippen LogP contribution is -2.30. The summed E-state index contributed by atoms with van der Waals surface area (Å²) in [6.07, 6.45) is 21.6. The van der Waals surface area contributed by atoms with Crippen molar-refractivity contribution in [2.24, 2.45) is 5.73 Å². The Morgan fingerprint density at radius 2 is 1.56 bits per heavy atom. The van der Waals surface area contributed by atoms with Gasteiger partial charge in [0, 0.05) is 25.1 Å². The van der Waals surface area contributed by atoms with E-state index < -0.39 is 0 Å². The maximum absolute atomic E-state index is 11.8. The summed E-state index contributed by atoms with van der Waals surface area (Å²) < 4.78 is 5.26. The fraction of sp³-hybridized carbons (Fsp3) is 0.818. The minimum Gasteiger partial charge on any atom is -0.464 e. The van der Waals surface area contributed by atoms with E-state index in [2.05, 4.69) is 16.9 Å². The monoisotopic (exact) mass is 379 g/mol. The molecule has 0 amide bonds. The Morgan fingerprint density at radius 1 is 1.00 bits per heavy atom. The van der Waals surface area contributed by atoms with Gasteiger partial charge in [0.1, 0.15) is 6.61 Å². The Kier molecular flexibility index (Phi) is 14.7. The molecule has 0 spiro atoms. The highest BCUT2D eigenvalue weighted by Crippen LogP contribution is 2.13. The molecule has 1 rings (SSSR count). The first-order valence-corrected chi connectivity index (χ1v) is 11.1. The molecule has 0 aliphatic heterocycles. The molecule has 0 saturated heterocycles. The highest BCUT2D eigenvalue weighted by molar-refractivity contribution is 5.69. The van der Waals surface area contributed by atoms with Crippen LogP contribution in [0, 0.1) is 0 Å². The normalized spacial score (nSPS) is 12.2. The number of carbonyl (C=O) groups is 1. The van der Waals surface area contributed by atoms with Crippen molar-refractivity contribution >= 4 is 5.97 Å². The molecule has 0 bridgehead atoms. The fourth-order valence-corrected chi connectivity index (χ4v) is 3.29. The van der Waals surface area contributed by atoms with Crippen LogP contribution in [0.5, 0.6) is 0 Å². The number of nitrogens with two attached hydrogens (primary N) is 1. The summed E-state index contributed by atoms with van der Waals surface area (Å²) in [6.45, 7) is 2.53. The maximum Gasteiger partial charge on any atom is 0.305 e. The van der Waals surface area contributed by atoms with E-state index in [0.29, 0.717) is 12.8 Å². The number of esters is 1. The number of hydrogen-bond donors (Lipinski definition) is 2. The molecule has 1 aromatic heterocycles. The Labute approximate surface area is 165 Å². The summed E-state index contributed by atoms with van der Waals surface area (Å²) in [5.41, 5.74) is 6.85. The predicted molar refractivity (Wildman–Crippen MR) is 112 cm³/mol. The molecule has 0 radical (unpaired) electrons. The third-order valence-electron chi connectivity index (χ3n) is 4.97. The standard InChI is InChI=1S/C22H41N3O2/c1-2-3-4-5-6-7-8-9-10-11-12-13-14-15-22(26)27-18-20(23)16-21-17-24-19-25-21/h17,19-20H,2-16,18,23H2,1H3,(H,24,25)/t20-/m0/s1. The molecule has 5 nitrogen and oxygen atoms in total. The van der Waals surface area contributed by atoms with Crippen LogP contribution in [-0.4, -0.2) is 28.6 Å². The van der Waals surface area contributed by atoms with Gasteiger partial charge in [0.05, 0.1) is 12.0 Å². The van der Waals surface area contributed by atoms with Gasteiger partial charge in [0.2, 0.25) is 0 Å². The number of nitrogens with one attached hydrogen (secondary N) is 1. The number of H-pyrrole nitrogens is 1. The predicted octanol–water partition coefficient (Wildman–Crippen LogP) is 5.30. The number of hydrogen-bond acceptors (Lipinski definition) is 4. The summed E-state index contributed by atoms with van der Waals surface area (Å²) in [4.78, 5) is 18.8. The summed E-state index contributed by atoms with van der Waals surface area (Å²) in [5, 5.41) is 0. The van der Waals surface area contributed by atoms with Gasteiger partial charge < -0.3 is 15.5 Å². The van der Waals surface area contributed by atoms with Crippen molar-refractivity contribution in [2.75, 3.05) is 6.61 Å². The second-order valence-corrected chi connectivity index (χ2v) is 7.70. The quantitative estimate of drug-likeness (QED) is 0.268. The Hall–Kier alpha value is -1.36. The SMILES string of the molecule is CCCCCCCCCCCCCCCC(=O)OC[C@@H](N)Cc1c[nH]cn1. The van der Waals surface area contributed by atoms with E-state index in [1.165, 1.54) is 70.6 Å². The molecule has 27 heavy (non-hydrogen) atoms. The third-order valence-corrected chi connectivity index (χ3v) is 4.97. The molecular weight excluding hydrogens is 338 g/mol. The first-order valence-electron chi connectivity index (χ1n) is 11.1. The third kappa shape index (κ3) is 14.4. The van der Waals surface area contributed by atoms with E-state index in [0.717, 1.165) is 18.5 Å². The van der Waals surface area contributed by atoms with Crippen molar-refractivity contribution in [3.05, 3.63) is 18.2 Å². The first-order chi connectivity index (χ1) is 13.2. The highest BCUT2D eigenvalue weighted by Gasteiger charge is 2.09. The minimum atomic E-state index is -0.191. The smallest absolute Gasteiger partial charge is 0.305 e. The molecule has 5 heteroatoms. The molecule has 1 atom stereocenters. The molecule has 0 aromatic carbocycles. The first kappa shape index (κ1) is 23.7. The zero-order valence-electron chi connectivity index (χ0n) is 17.4. The van der Waals surface area contributed by atoms with Gasteiger partial charge in [-0.2, -0.15) is 0 Å². The fourth-order valence-electron chi connectivity index (χ4n) is 3.29. The number of aromatic nitrogens is 2. The van der Waals surface area contributed by atoms with Crippen LogP contribution in [0.4, 0.5) is 0 Å². The summed E-state index contributed by atoms with van der Waals surface area (Å²) >= 11 is 0.